The fraction of sp³-hybridized carbons (Fsp3) is 0.480. The second-order valence-corrected chi connectivity index (χ2v) is 9.86. The van der Waals surface area contributed by atoms with Gasteiger partial charge in [-0.25, -0.2) is 0 Å². The van der Waals surface area contributed by atoms with Gasteiger partial charge in [-0.05, 0) is 80.1 Å². The standard InChI is InChI=1S/C25H30Cl3NO4/c1-16(22-7-6-19(26)13-18(22)5-9-25(31)32)33-15-21(30)14-29-10-2-3-20(29)11-17-4-8-23(27)24(28)12-17/h4,6-8,12-13,16,20-21,30H,2-3,5,9-11,14-15H2,1H3,(H,31,32)/t16?,20-,21?/m0/s1. The van der Waals surface area contributed by atoms with Crippen LogP contribution in [-0.4, -0.2) is 52.9 Å². The molecule has 1 aliphatic rings. The molecule has 0 spiro atoms. The minimum atomic E-state index is -0.856. The number of aliphatic hydroxyl groups is 1. The van der Waals surface area contributed by atoms with Crippen molar-refractivity contribution in [3.05, 3.63) is 68.2 Å². The number of carboxylic acids is 1. The zero-order valence-corrected chi connectivity index (χ0v) is 20.9. The molecule has 2 N–H and O–H groups in total. The van der Waals surface area contributed by atoms with Crippen LogP contribution >= 0.6 is 34.8 Å². The normalized spacial score (nSPS) is 18.4. The van der Waals surface area contributed by atoms with E-state index in [4.69, 9.17) is 44.6 Å². The van der Waals surface area contributed by atoms with Crippen molar-refractivity contribution in [2.75, 3.05) is 19.7 Å². The number of aliphatic hydroxyl groups excluding tert-OH is 1. The van der Waals surface area contributed by atoms with E-state index < -0.39 is 12.1 Å². The van der Waals surface area contributed by atoms with E-state index in [1.165, 1.54) is 0 Å². The van der Waals surface area contributed by atoms with Crippen LogP contribution < -0.4 is 0 Å². The average molecular weight is 515 g/mol. The first-order valence-corrected chi connectivity index (χ1v) is 12.3. The highest BCUT2D eigenvalue weighted by Gasteiger charge is 2.27. The van der Waals surface area contributed by atoms with Crippen LogP contribution in [0.4, 0.5) is 0 Å². The molecule has 1 saturated heterocycles. The van der Waals surface area contributed by atoms with Gasteiger partial charge in [0.1, 0.15) is 0 Å². The third kappa shape index (κ3) is 7.84. The smallest absolute Gasteiger partial charge is 0.303 e. The van der Waals surface area contributed by atoms with Crippen molar-refractivity contribution in [1.29, 1.82) is 0 Å². The molecule has 2 unspecified atom stereocenters. The molecule has 180 valence electrons. The number of rotatable bonds is 11. The first kappa shape index (κ1) is 26.3. The van der Waals surface area contributed by atoms with Gasteiger partial charge in [0.2, 0.25) is 0 Å². The number of halogens is 3. The number of benzene rings is 2. The van der Waals surface area contributed by atoms with Gasteiger partial charge in [-0.3, -0.25) is 9.69 Å². The van der Waals surface area contributed by atoms with E-state index in [-0.39, 0.29) is 19.1 Å². The van der Waals surface area contributed by atoms with Crippen molar-refractivity contribution >= 4 is 40.8 Å². The number of β-amino-alcohol motifs (C(OH)–C–C–N with tert-alkyl or cyclic N) is 1. The maximum atomic E-state index is 11.0. The lowest BCUT2D eigenvalue weighted by Crippen LogP contribution is -2.39. The van der Waals surface area contributed by atoms with Crippen molar-refractivity contribution < 1.29 is 19.7 Å². The average Bonchev–Trinajstić information content (AvgIpc) is 3.19. The summed E-state index contributed by atoms with van der Waals surface area (Å²) >= 11 is 18.3. The summed E-state index contributed by atoms with van der Waals surface area (Å²) in [7, 11) is 0. The second kappa shape index (κ2) is 12.4. The Kier molecular flexibility index (Phi) is 9.86. The summed E-state index contributed by atoms with van der Waals surface area (Å²) in [6.07, 6.45) is 2.51. The Balaban J connectivity index is 1.53. The zero-order chi connectivity index (χ0) is 24.0. The number of hydrogen-bond donors (Lipinski definition) is 2. The molecule has 2 aromatic carbocycles. The summed E-state index contributed by atoms with van der Waals surface area (Å²) in [6, 6.07) is 11.5. The van der Waals surface area contributed by atoms with Crippen molar-refractivity contribution in [2.24, 2.45) is 0 Å². The molecule has 8 heteroatoms. The Hall–Kier alpha value is -1.34. The van der Waals surface area contributed by atoms with E-state index in [1.54, 1.807) is 12.1 Å². The SMILES string of the molecule is CC(OCC(O)CN1CCC[C@H]1Cc1ccc(Cl)c(Cl)c1)c1ccc(Cl)cc1CCC(=O)O. The van der Waals surface area contributed by atoms with E-state index in [1.807, 2.05) is 31.2 Å². The molecule has 0 aliphatic carbocycles. The van der Waals surface area contributed by atoms with E-state index >= 15 is 0 Å². The lowest BCUT2D eigenvalue weighted by atomic mass is 9.99. The van der Waals surface area contributed by atoms with Gasteiger partial charge in [0.15, 0.2) is 0 Å². The molecule has 0 bridgehead atoms. The lowest BCUT2D eigenvalue weighted by Gasteiger charge is -2.28. The Morgan fingerprint density at radius 2 is 1.97 bits per heavy atom. The summed E-state index contributed by atoms with van der Waals surface area (Å²) in [4.78, 5) is 13.3. The van der Waals surface area contributed by atoms with Crippen LogP contribution in [0.25, 0.3) is 0 Å². The minimum Gasteiger partial charge on any atom is -0.481 e. The minimum absolute atomic E-state index is 0.0257. The number of carbonyl (C=O) groups is 1. The van der Waals surface area contributed by atoms with Gasteiger partial charge in [-0.1, -0.05) is 46.9 Å². The molecule has 2 aromatic rings. The molecule has 33 heavy (non-hydrogen) atoms. The molecular weight excluding hydrogens is 485 g/mol. The predicted molar refractivity (Wildman–Crippen MR) is 133 cm³/mol. The monoisotopic (exact) mass is 513 g/mol. The Morgan fingerprint density at radius 3 is 2.70 bits per heavy atom. The Bertz CT molecular complexity index is 955. The first-order chi connectivity index (χ1) is 15.7. The van der Waals surface area contributed by atoms with Gasteiger partial charge < -0.3 is 14.9 Å². The van der Waals surface area contributed by atoms with Crippen LogP contribution in [-0.2, 0) is 22.4 Å². The van der Waals surface area contributed by atoms with Crippen LogP contribution in [0, 0.1) is 0 Å². The largest absolute Gasteiger partial charge is 0.481 e. The highest BCUT2D eigenvalue weighted by atomic mass is 35.5. The first-order valence-electron chi connectivity index (χ1n) is 11.2. The molecule has 0 amide bonds. The highest BCUT2D eigenvalue weighted by molar-refractivity contribution is 6.42. The molecule has 0 aromatic heterocycles. The summed E-state index contributed by atoms with van der Waals surface area (Å²) in [5, 5.41) is 21.3. The molecule has 1 heterocycles. The second-order valence-electron chi connectivity index (χ2n) is 8.61. The molecule has 1 fully saturated rings. The van der Waals surface area contributed by atoms with Gasteiger partial charge in [-0.2, -0.15) is 0 Å². The fourth-order valence-electron chi connectivity index (χ4n) is 4.40. The Labute approximate surface area is 210 Å². The molecule has 3 rings (SSSR count). The topological polar surface area (TPSA) is 70.0 Å². The van der Waals surface area contributed by atoms with Gasteiger partial charge in [-0.15, -0.1) is 0 Å². The maximum Gasteiger partial charge on any atom is 0.303 e. The van der Waals surface area contributed by atoms with Crippen LogP contribution in [0.15, 0.2) is 36.4 Å². The van der Waals surface area contributed by atoms with Gasteiger partial charge >= 0.3 is 5.97 Å². The fourth-order valence-corrected chi connectivity index (χ4v) is 4.92. The van der Waals surface area contributed by atoms with Crippen molar-refractivity contribution in [2.45, 2.75) is 57.3 Å². The van der Waals surface area contributed by atoms with E-state index in [0.29, 0.717) is 34.1 Å². The van der Waals surface area contributed by atoms with Gasteiger partial charge in [0.05, 0.1) is 28.9 Å². The van der Waals surface area contributed by atoms with Crippen molar-refractivity contribution in [3.8, 4) is 0 Å². The molecular formula is C25H30Cl3NO4. The number of aryl methyl sites for hydroxylation is 1. The zero-order valence-electron chi connectivity index (χ0n) is 18.6. The molecule has 0 saturated carbocycles. The number of aliphatic carboxylic acids is 1. The number of ether oxygens (including phenoxy) is 1. The van der Waals surface area contributed by atoms with Gasteiger partial charge in [0, 0.05) is 24.0 Å². The van der Waals surface area contributed by atoms with Crippen LogP contribution in [0.5, 0.6) is 0 Å². The molecule has 3 atom stereocenters. The number of hydrogen-bond acceptors (Lipinski definition) is 4. The third-order valence-corrected chi connectivity index (χ3v) is 7.06. The maximum absolute atomic E-state index is 11.0. The predicted octanol–water partition coefficient (Wildman–Crippen LogP) is 5.81. The third-order valence-electron chi connectivity index (χ3n) is 6.09. The molecule has 0 radical (unpaired) electrons. The lowest BCUT2D eigenvalue weighted by molar-refractivity contribution is -0.136. The van der Waals surface area contributed by atoms with Crippen LogP contribution in [0.2, 0.25) is 15.1 Å². The summed E-state index contributed by atoms with van der Waals surface area (Å²) < 4.78 is 5.97. The molecule has 5 nitrogen and oxygen atoms in total. The number of likely N-dealkylation sites (tertiary alicyclic amines) is 1. The van der Waals surface area contributed by atoms with E-state index in [0.717, 1.165) is 42.5 Å². The van der Waals surface area contributed by atoms with Crippen LogP contribution in [0.1, 0.15) is 49.0 Å². The molecule has 1 aliphatic heterocycles. The van der Waals surface area contributed by atoms with Gasteiger partial charge in [0.25, 0.3) is 0 Å². The van der Waals surface area contributed by atoms with Crippen molar-refractivity contribution in [3.63, 3.8) is 0 Å². The van der Waals surface area contributed by atoms with E-state index in [2.05, 4.69) is 4.90 Å². The van der Waals surface area contributed by atoms with Crippen molar-refractivity contribution in [1.82, 2.24) is 4.90 Å². The number of carboxylic acid groups (broad SMARTS) is 1. The summed E-state index contributed by atoms with van der Waals surface area (Å²) in [6.45, 7) is 3.57. The van der Waals surface area contributed by atoms with E-state index in [9.17, 15) is 9.90 Å². The van der Waals surface area contributed by atoms with Crippen LogP contribution in [0.3, 0.4) is 0 Å². The quantitative estimate of drug-likeness (QED) is 0.396. The summed E-state index contributed by atoms with van der Waals surface area (Å²) in [5.74, 6) is -0.856. The highest BCUT2D eigenvalue weighted by Crippen LogP contribution is 2.28. The summed E-state index contributed by atoms with van der Waals surface area (Å²) in [5.41, 5.74) is 2.89. The number of nitrogens with zero attached hydrogens (tertiary/aromatic N) is 1. The Morgan fingerprint density at radius 1 is 1.18 bits per heavy atom.